The Hall–Kier alpha value is -7.13. The Balaban J connectivity index is 0.0000109. The maximum Gasteiger partial charge on any atom is 1.00 e. The van der Waals surface area contributed by atoms with Crippen LogP contribution in [0.2, 0.25) is 0 Å². The van der Waals surface area contributed by atoms with E-state index in [9.17, 15) is 84.5 Å². The summed E-state index contributed by atoms with van der Waals surface area (Å²) in [5.74, 6) is -12.0. The number of anilines is 1. The number of carbonyl (C=O) groups excluding carboxylic acids is 8. The van der Waals surface area contributed by atoms with Crippen LogP contribution in [0.1, 0.15) is 74.4 Å². The zero-order valence-corrected chi connectivity index (χ0v) is 53.5. The summed E-state index contributed by atoms with van der Waals surface area (Å²) in [7, 11) is 0. The Morgan fingerprint density at radius 3 is 2.14 bits per heavy atom. The SMILES string of the molecule is CC(O)C1NC(=O)C(NC(=O)c2ccc(-c3cn4nc(-c5ccc(N6CCCCC6)cc5)sc4n3)cc2)CC(O)CNC(=O)C2C(O)C(C)CN2C(=O)C(C(O)CC(N)=O)NC(=O)C(C(O)C(O)c2ccc(O)c(OSOO[O-])c2)NC(=O)C2CC(O)CN2C1=O.[Na+]. The summed E-state index contributed by atoms with van der Waals surface area (Å²) in [4.78, 5) is 123. The number of piperidine rings is 1. The van der Waals surface area contributed by atoms with Crippen molar-refractivity contribution in [3.63, 3.8) is 0 Å². The number of nitrogens with two attached hydrogens (primary N) is 1. The summed E-state index contributed by atoms with van der Waals surface area (Å²) in [6.07, 6.45) is -10.9. The van der Waals surface area contributed by atoms with Gasteiger partial charge in [-0.15, -0.1) is 4.33 Å². The summed E-state index contributed by atoms with van der Waals surface area (Å²) in [6, 6.07) is 4.88. The number of aromatic hydroxyl groups is 1. The van der Waals surface area contributed by atoms with E-state index in [1.807, 2.05) is 12.1 Å². The largest absolute Gasteiger partial charge is 1.00 e. The first-order chi connectivity index (χ1) is 43.4. The molecule has 5 aromatic rings. The average molecular weight is 1330 g/mol. The van der Waals surface area contributed by atoms with Crippen LogP contribution in [0.5, 0.6) is 11.5 Å². The number of phenolic OH excluding ortho intramolecular Hbond substituents is 1. The summed E-state index contributed by atoms with van der Waals surface area (Å²) in [5, 5.41) is 121. The van der Waals surface area contributed by atoms with Crippen LogP contribution in [-0.4, -0.2) is 218 Å². The monoisotopic (exact) mass is 1330 g/mol. The van der Waals surface area contributed by atoms with Crippen molar-refractivity contribution in [3.8, 4) is 33.3 Å². The number of aromatic nitrogens is 3. The molecule has 0 spiro atoms. The van der Waals surface area contributed by atoms with Gasteiger partial charge in [-0.25, -0.2) is 9.50 Å². The molecule has 15 N–H and O–H groups in total. The third kappa shape index (κ3) is 16.4. The van der Waals surface area contributed by atoms with Crippen LogP contribution in [0.15, 0.2) is 72.9 Å². The minimum atomic E-state index is -2.54. The number of aliphatic hydroxyl groups is 7. The van der Waals surface area contributed by atoms with E-state index in [1.165, 1.54) is 36.8 Å². The minimum Gasteiger partial charge on any atom is -0.691 e. The van der Waals surface area contributed by atoms with Crippen LogP contribution in [0.3, 0.4) is 0 Å². The van der Waals surface area contributed by atoms with E-state index < -0.39 is 183 Å². The van der Waals surface area contributed by atoms with Gasteiger partial charge in [0.15, 0.2) is 11.5 Å². The van der Waals surface area contributed by atoms with Crippen molar-refractivity contribution >= 4 is 81.6 Å². The number of primary amides is 1. The Bertz CT molecular complexity index is 3440. The van der Waals surface area contributed by atoms with Gasteiger partial charge in [0.05, 0.1) is 48.8 Å². The van der Waals surface area contributed by atoms with Crippen molar-refractivity contribution in [1.82, 2.24) is 51.0 Å². The van der Waals surface area contributed by atoms with E-state index in [0.29, 0.717) is 16.2 Å². The molecule has 4 fully saturated rings. The number of amides is 8. The fourth-order valence-electron chi connectivity index (χ4n) is 11.4. The van der Waals surface area contributed by atoms with E-state index in [-0.39, 0.29) is 53.0 Å². The molecule has 9 rings (SSSR count). The average Bonchev–Trinajstić information content (AvgIpc) is 1.66. The molecule has 490 valence electrons. The van der Waals surface area contributed by atoms with Gasteiger partial charge in [-0.3, -0.25) is 43.4 Å². The number of imidazole rings is 1. The van der Waals surface area contributed by atoms with Gasteiger partial charge >= 0.3 is 29.6 Å². The standard InChI is InChI=1S/C57H70N12O20S2.Na/c1-26-23-68-45(46(26)76)53(83)59-22-33(71)19-35(60-49(79)29-8-6-28(7-9-29)36-25-69-57(61-36)90-54(65-69)30-10-13-32(14-11-30)66-16-4-3-5-17-66)50(80)62-42(27(2)70)55(84)67-24-34(72)20-37(67)51(81)64-44(52(82)63-43(56(68)85)39(74)21-41(58)75)48(78)47(77)31-12-15-38(73)40(18-31)87-91-89-88-86;/h6-15,18,25-27,33-35,37,39,42-48,70-74,76-78,86H,3-5,16-17,19-24H2,1-2H3,(H2,58,75)(H,59,83)(H,60,79)(H,62,80)(H,63,82)(H,64,81);/q;+1/p-1. The number of β-amino-alcohol motifs (C(OH)–C–C–N with tert-alkyl or cyclic N) is 1. The number of carbonyl (C=O) groups is 8. The van der Waals surface area contributed by atoms with Crippen molar-refractivity contribution in [1.29, 1.82) is 0 Å². The minimum absolute atomic E-state index is 0. The summed E-state index contributed by atoms with van der Waals surface area (Å²) >= 11 is 1.30. The number of phenols is 1. The molecule has 4 aliphatic heterocycles. The van der Waals surface area contributed by atoms with E-state index >= 15 is 0 Å². The number of nitrogens with zero attached hydrogens (tertiary/aromatic N) is 6. The normalized spacial score (nSPS) is 26.0. The molecule has 3 aromatic carbocycles. The third-order valence-electron chi connectivity index (χ3n) is 16.3. The first kappa shape index (κ1) is 70.7. The summed E-state index contributed by atoms with van der Waals surface area (Å²) < 4.78 is 10.7. The molecule has 8 amide bonds. The molecule has 35 heteroatoms. The van der Waals surface area contributed by atoms with Gasteiger partial charge in [-0.1, -0.05) is 36.5 Å². The predicted octanol–water partition coefficient (Wildman–Crippen LogP) is -6.70. The van der Waals surface area contributed by atoms with E-state index in [0.717, 1.165) is 77.1 Å². The number of benzene rings is 3. The molecule has 0 radical (unpaired) electrons. The molecule has 0 aliphatic carbocycles. The second-order valence-corrected chi connectivity index (χ2v) is 24.2. The second kappa shape index (κ2) is 31.2. The topological polar surface area (TPSA) is 475 Å². The molecular weight excluding hydrogens is 1260 g/mol. The smallest absolute Gasteiger partial charge is 0.691 e. The molecular formula is C57H69N12NaO20S2. The van der Waals surface area contributed by atoms with Crippen LogP contribution < -0.4 is 76.2 Å². The Labute approximate surface area is 554 Å². The van der Waals surface area contributed by atoms with Gasteiger partial charge < -0.3 is 97.3 Å². The molecule has 14 unspecified atom stereocenters. The van der Waals surface area contributed by atoms with E-state index in [2.05, 4.69) is 53.0 Å². The number of hydrogen-bond acceptors (Lipinski definition) is 25. The van der Waals surface area contributed by atoms with Crippen LogP contribution in [-0.2, 0) is 42.9 Å². The third-order valence-corrected chi connectivity index (χ3v) is 17.6. The first-order valence-electron chi connectivity index (χ1n) is 29.0. The van der Waals surface area contributed by atoms with Crippen molar-refractivity contribution in [2.45, 2.75) is 131 Å². The van der Waals surface area contributed by atoms with Gasteiger partial charge in [0.25, 0.3) is 18.2 Å². The zero-order chi connectivity index (χ0) is 65.5. The second-order valence-electron chi connectivity index (χ2n) is 22.8. The summed E-state index contributed by atoms with van der Waals surface area (Å²) in [5.41, 5.74) is 8.21. The van der Waals surface area contributed by atoms with E-state index in [1.54, 1.807) is 22.8 Å². The maximum absolute atomic E-state index is 14.7. The Morgan fingerprint density at radius 1 is 0.815 bits per heavy atom. The Kier molecular flexibility index (Phi) is 24.0. The first-order valence-corrected chi connectivity index (χ1v) is 30.5. The number of rotatable bonds is 16. The molecule has 32 nitrogen and oxygen atoms in total. The fraction of sp³-hybridized carbons (Fsp3) is 0.474. The number of nitrogens with one attached hydrogen (secondary N) is 5. The fourth-order valence-corrected chi connectivity index (χ4v) is 12.5. The Morgan fingerprint density at radius 2 is 1.48 bits per heavy atom. The van der Waals surface area contributed by atoms with Gasteiger partial charge in [-0.2, -0.15) is 5.10 Å². The van der Waals surface area contributed by atoms with Crippen molar-refractivity contribution in [3.05, 3.63) is 84.1 Å². The van der Waals surface area contributed by atoms with Crippen LogP contribution >= 0.6 is 23.7 Å². The maximum atomic E-state index is 14.7. The van der Waals surface area contributed by atoms with E-state index in [4.69, 9.17) is 20.0 Å². The van der Waals surface area contributed by atoms with Gasteiger partial charge in [0, 0.05) is 73.9 Å². The number of fused-ring (bicyclic) bond motifs is 3. The number of aliphatic hydroxyl groups excluding tert-OH is 7. The molecule has 2 aromatic heterocycles. The molecule has 4 aliphatic rings. The van der Waals surface area contributed by atoms with Gasteiger partial charge in [0.2, 0.25) is 46.3 Å². The van der Waals surface area contributed by atoms with Gasteiger partial charge in [0.1, 0.15) is 53.5 Å². The van der Waals surface area contributed by atoms with Gasteiger partial charge in [-0.05, 0) is 80.3 Å². The number of hydrogen-bond donors (Lipinski definition) is 14. The summed E-state index contributed by atoms with van der Waals surface area (Å²) in [6.45, 7) is 2.72. The molecule has 0 saturated carbocycles. The van der Waals surface area contributed by atoms with Crippen LogP contribution in [0, 0.1) is 5.92 Å². The van der Waals surface area contributed by atoms with Crippen molar-refractivity contribution in [2.24, 2.45) is 11.7 Å². The predicted molar refractivity (Wildman–Crippen MR) is 316 cm³/mol. The van der Waals surface area contributed by atoms with Crippen LogP contribution in [0.25, 0.3) is 26.8 Å². The van der Waals surface area contributed by atoms with Crippen LogP contribution in [0.4, 0.5) is 5.69 Å². The molecule has 92 heavy (non-hydrogen) atoms. The molecule has 4 saturated heterocycles. The molecule has 0 bridgehead atoms. The van der Waals surface area contributed by atoms with Crippen molar-refractivity contribution < 1.29 is 128 Å². The van der Waals surface area contributed by atoms with Crippen molar-refractivity contribution in [2.75, 3.05) is 37.6 Å². The molecule has 6 heterocycles. The quantitative estimate of drug-likeness (QED) is 0.0144. The zero-order valence-electron chi connectivity index (χ0n) is 49.8. The molecule has 14 atom stereocenters.